The number of anilines is 1. The Kier molecular flexibility index (Phi) is 8.38. The minimum absolute atomic E-state index is 0.140. The van der Waals surface area contributed by atoms with Gasteiger partial charge in [-0.25, -0.2) is 13.2 Å². The van der Waals surface area contributed by atoms with Gasteiger partial charge in [-0.15, -0.1) is 0 Å². The van der Waals surface area contributed by atoms with E-state index in [0.29, 0.717) is 11.3 Å². The average Bonchev–Trinajstić information content (AvgIpc) is 2.75. The molecule has 0 saturated heterocycles. The lowest BCUT2D eigenvalue weighted by Gasteiger charge is -2.15. The quantitative estimate of drug-likeness (QED) is 0.538. The van der Waals surface area contributed by atoms with Crippen LogP contribution in [0, 0.1) is 0 Å². The predicted octanol–water partition coefficient (Wildman–Crippen LogP) is 4.54. The summed E-state index contributed by atoms with van der Waals surface area (Å²) in [5, 5.41) is 5.58. The number of hydrogen-bond acceptors (Lipinski definition) is 4. The molecule has 2 aromatic carbocycles. The van der Waals surface area contributed by atoms with Crippen molar-refractivity contribution in [3.05, 3.63) is 82.8 Å². The van der Waals surface area contributed by atoms with Crippen LogP contribution in [-0.4, -0.2) is 21.0 Å². The number of carbonyl (C=O) groups is 1. The van der Waals surface area contributed by atoms with Gasteiger partial charge in [-0.1, -0.05) is 49.4 Å². The van der Waals surface area contributed by atoms with Gasteiger partial charge in [-0.05, 0) is 55.7 Å². The third-order valence-electron chi connectivity index (χ3n) is 4.70. The fourth-order valence-corrected chi connectivity index (χ4v) is 4.19. The first-order valence-corrected chi connectivity index (χ1v) is 11.3. The number of nitrogens with one attached hydrogen (secondary N) is 2. The van der Waals surface area contributed by atoms with Crippen LogP contribution in [0.4, 0.5) is 10.5 Å². The van der Waals surface area contributed by atoms with E-state index in [2.05, 4.69) is 10.6 Å². The Hall–Kier alpha value is -2.90. The molecular weight excluding hydrogens is 398 g/mol. The van der Waals surface area contributed by atoms with Crippen molar-refractivity contribution in [3.63, 3.8) is 0 Å². The van der Waals surface area contributed by atoms with E-state index in [-0.39, 0.29) is 28.4 Å². The number of nitrogens with two attached hydrogens (primary N) is 1. The summed E-state index contributed by atoms with van der Waals surface area (Å²) in [5.41, 5.74) is 7.79. The van der Waals surface area contributed by atoms with Gasteiger partial charge in [0.1, 0.15) is 0 Å². The zero-order valence-corrected chi connectivity index (χ0v) is 18.4. The number of benzene rings is 2. The van der Waals surface area contributed by atoms with Crippen LogP contribution in [0.1, 0.15) is 38.8 Å². The second kappa shape index (κ2) is 10.8. The lowest BCUT2D eigenvalue weighted by molar-refractivity contribution is 0.249. The molecule has 0 heterocycles. The molecule has 30 heavy (non-hydrogen) atoms. The fourth-order valence-electron chi connectivity index (χ4n) is 2.84. The number of carbonyl (C=O) groups excluding carboxylic acids is 1. The molecule has 160 valence electrons. The van der Waals surface area contributed by atoms with E-state index in [4.69, 9.17) is 5.73 Å². The van der Waals surface area contributed by atoms with Crippen LogP contribution in [0.3, 0.4) is 0 Å². The lowest BCUT2D eigenvalue weighted by Crippen LogP contribution is -2.31. The summed E-state index contributed by atoms with van der Waals surface area (Å²) in [4.78, 5) is 12.6. The van der Waals surface area contributed by atoms with Crippen molar-refractivity contribution in [1.29, 1.82) is 0 Å². The van der Waals surface area contributed by atoms with Crippen LogP contribution in [0.25, 0.3) is 0 Å². The van der Waals surface area contributed by atoms with Crippen LogP contribution < -0.4 is 16.4 Å². The molecule has 0 aromatic heterocycles. The maximum atomic E-state index is 12.9. The first kappa shape index (κ1) is 23.4. The van der Waals surface area contributed by atoms with Crippen molar-refractivity contribution in [3.8, 4) is 0 Å². The van der Waals surface area contributed by atoms with Crippen LogP contribution in [-0.2, 0) is 9.84 Å². The number of hydrogen-bond donors (Lipinski definition) is 3. The lowest BCUT2D eigenvalue weighted by atomic mass is 10.1. The standard InChI is InChI=1S/C23H29N3O3S/c1-4-5-9-20(16-24)18(3)30(28,29)22-14-12-21(13-15-22)26-23(27)25-17(2)19-10-7-6-8-11-19/h5-15,17H,4,16,24H2,1-3H3,(H2,25,26,27)/b9-5-,20-18+. The summed E-state index contributed by atoms with van der Waals surface area (Å²) in [7, 11) is -3.66. The highest BCUT2D eigenvalue weighted by Gasteiger charge is 2.19. The minimum Gasteiger partial charge on any atom is -0.331 e. The number of sulfone groups is 1. The molecule has 0 aliphatic carbocycles. The van der Waals surface area contributed by atoms with E-state index < -0.39 is 9.84 Å². The van der Waals surface area contributed by atoms with Gasteiger partial charge < -0.3 is 16.4 Å². The normalized spacial score (nSPS) is 13.6. The molecule has 1 unspecified atom stereocenters. The van der Waals surface area contributed by atoms with Crippen molar-refractivity contribution in [2.75, 3.05) is 11.9 Å². The highest BCUT2D eigenvalue weighted by Crippen LogP contribution is 2.24. The Bertz CT molecular complexity index is 1010. The van der Waals surface area contributed by atoms with Gasteiger partial charge in [0.25, 0.3) is 0 Å². The van der Waals surface area contributed by atoms with Gasteiger partial charge in [-0.3, -0.25) is 0 Å². The van der Waals surface area contributed by atoms with Crippen LogP contribution in [0.2, 0.25) is 0 Å². The largest absolute Gasteiger partial charge is 0.331 e. The monoisotopic (exact) mass is 427 g/mol. The smallest absolute Gasteiger partial charge is 0.319 e. The molecule has 4 N–H and O–H groups in total. The topological polar surface area (TPSA) is 101 Å². The summed E-state index contributed by atoms with van der Waals surface area (Å²) >= 11 is 0. The Morgan fingerprint density at radius 3 is 2.30 bits per heavy atom. The average molecular weight is 428 g/mol. The van der Waals surface area contributed by atoms with Crippen molar-refractivity contribution in [1.82, 2.24) is 5.32 Å². The first-order valence-electron chi connectivity index (χ1n) is 9.83. The van der Waals surface area contributed by atoms with Gasteiger partial charge >= 0.3 is 6.03 Å². The fraction of sp³-hybridized carbons (Fsp3) is 0.261. The molecule has 0 saturated carbocycles. The van der Waals surface area contributed by atoms with E-state index >= 15 is 0 Å². The van der Waals surface area contributed by atoms with Crippen LogP contribution in [0.5, 0.6) is 0 Å². The van der Waals surface area contributed by atoms with Gasteiger partial charge in [0, 0.05) is 12.2 Å². The molecule has 2 rings (SSSR count). The molecule has 0 fully saturated rings. The molecule has 1 atom stereocenters. The summed E-state index contributed by atoms with van der Waals surface area (Å²) in [5.74, 6) is 0. The van der Waals surface area contributed by atoms with Crippen LogP contribution >= 0.6 is 0 Å². The van der Waals surface area contributed by atoms with Gasteiger partial charge in [-0.2, -0.15) is 0 Å². The SMILES string of the molecule is CC/C=C\C(CN)=C(\C)S(=O)(=O)c1ccc(NC(=O)NC(C)c2ccccc2)cc1. The Morgan fingerprint density at radius 1 is 1.10 bits per heavy atom. The molecule has 0 aliphatic rings. The third-order valence-corrected chi connectivity index (χ3v) is 6.66. The molecule has 0 radical (unpaired) electrons. The zero-order valence-electron chi connectivity index (χ0n) is 17.6. The molecule has 6 nitrogen and oxygen atoms in total. The van der Waals surface area contributed by atoms with Crippen molar-refractivity contribution in [2.24, 2.45) is 5.73 Å². The minimum atomic E-state index is -3.66. The first-order chi connectivity index (χ1) is 14.3. The van der Waals surface area contributed by atoms with E-state index in [1.807, 2.05) is 50.3 Å². The van der Waals surface area contributed by atoms with Gasteiger partial charge in [0.2, 0.25) is 9.84 Å². The Balaban J connectivity index is 2.11. The van der Waals surface area contributed by atoms with Crippen molar-refractivity contribution >= 4 is 21.6 Å². The van der Waals surface area contributed by atoms with Crippen molar-refractivity contribution < 1.29 is 13.2 Å². The number of allylic oxidation sites excluding steroid dienone is 2. The summed E-state index contributed by atoms with van der Waals surface area (Å²) < 4.78 is 25.8. The van der Waals surface area contributed by atoms with Crippen molar-refractivity contribution in [2.45, 2.75) is 38.1 Å². The Labute approximate surface area is 178 Å². The molecular formula is C23H29N3O3S. The number of amides is 2. The highest BCUT2D eigenvalue weighted by molar-refractivity contribution is 7.95. The van der Waals surface area contributed by atoms with E-state index in [9.17, 15) is 13.2 Å². The molecule has 7 heteroatoms. The summed E-state index contributed by atoms with van der Waals surface area (Å²) in [6.45, 7) is 5.56. The maximum absolute atomic E-state index is 12.9. The zero-order chi connectivity index (χ0) is 22.1. The molecule has 2 amide bonds. The van der Waals surface area contributed by atoms with E-state index in [1.54, 1.807) is 25.1 Å². The molecule has 2 aromatic rings. The van der Waals surface area contributed by atoms with Gasteiger partial charge in [0.05, 0.1) is 15.8 Å². The second-order valence-corrected chi connectivity index (χ2v) is 8.95. The number of rotatable bonds is 8. The van der Waals surface area contributed by atoms with Gasteiger partial charge in [0.15, 0.2) is 0 Å². The number of urea groups is 1. The molecule has 0 spiro atoms. The summed E-state index contributed by atoms with van der Waals surface area (Å²) in [6, 6.07) is 15.2. The van der Waals surface area contributed by atoms with Crippen LogP contribution in [0.15, 0.2) is 82.1 Å². The molecule has 0 bridgehead atoms. The second-order valence-electron chi connectivity index (χ2n) is 6.85. The van der Waals surface area contributed by atoms with E-state index in [0.717, 1.165) is 12.0 Å². The highest BCUT2D eigenvalue weighted by atomic mass is 32.2. The maximum Gasteiger partial charge on any atom is 0.319 e. The predicted molar refractivity (Wildman–Crippen MR) is 122 cm³/mol. The third kappa shape index (κ3) is 6.05. The van der Waals surface area contributed by atoms with E-state index in [1.165, 1.54) is 12.1 Å². The Morgan fingerprint density at radius 2 is 1.73 bits per heavy atom. The summed E-state index contributed by atoms with van der Waals surface area (Å²) in [6.07, 6.45) is 4.42. The molecule has 0 aliphatic heterocycles.